The van der Waals surface area contributed by atoms with Crippen molar-refractivity contribution in [2.24, 2.45) is 5.92 Å². The number of pyridine rings is 1. The first-order valence-corrected chi connectivity index (χ1v) is 12.8. The van der Waals surface area contributed by atoms with E-state index in [2.05, 4.69) is 12.2 Å². The molecular formula is C28H25ClN2O3S. The molecule has 4 aromatic rings. The van der Waals surface area contributed by atoms with Crippen molar-refractivity contribution in [2.45, 2.75) is 33.1 Å². The second-order valence-corrected chi connectivity index (χ2v) is 10.5. The number of carbonyl (C=O) groups excluding carboxylic acids is 2. The number of para-hydroxylation sites is 1. The van der Waals surface area contributed by atoms with E-state index in [4.69, 9.17) is 21.3 Å². The molecule has 0 saturated heterocycles. The van der Waals surface area contributed by atoms with Gasteiger partial charge in [0.2, 0.25) is 0 Å². The Morgan fingerprint density at radius 2 is 1.86 bits per heavy atom. The summed E-state index contributed by atoms with van der Waals surface area (Å²) >= 11 is 7.57. The molecule has 1 unspecified atom stereocenters. The number of ether oxygens (including phenoxy) is 1. The highest BCUT2D eigenvalue weighted by Gasteiger charge is 2.30. The average molecular weight is 505 g/mol. The van der Waals surface area contributed by atoms with Crippen molar-refractivity contribution in [3.63, 3.8) is 0 Å². The minimum Gasteiger partial charge on any atom is -0.465 e. The van der Waals surface area contributed by atoms with Crippen LogP contribution >= 0.6 is 22.9 Å². The van der Waals surface area contributed by atoms with Gasteiger partial charge in [0.1, 0.15) is 5.00 Å². The van der Waals surface area contributed by atoms with Gasteiger partial charge in [0.05, 0.1) is 29.4 Å². The van der Waals surface area contributed by atoms with Crippen molar-refractivity contribution in [1.82, 2.24) is 4.98 Å². The lowest BCUT2D eigenvalue weighted by atomic mass is 9.88. The van der Waals surface area contributed by atoms with Gasteiger partial charge in [-0.15, -0.1) is 11.3 Å². The maximum absolute atomic E-state index is 13.8. The molecule has 1 amide bonds. The molecule has 0 radical (unpaired) electrons. The van der Waals surface area contributed by atoms with Gasteiger partial charge in [-0.3, -0.25) is 4.79 Å². The summed E-state index contributed by atoms with van der Waals surface area (Å²) in [5, 5.41) is 5.01. The van der Waals surface area contributed by atoms with E-state index in [0.717, 1.165) is 57.4 Å². The lowest BCUT2D eigenvalue weighted by Gasteiger charge is -2.18. The summed E-state index contributed by atoms with van der Waals surface area (Å²) < 4.78 is 5.09. The zero-order valence-corrected chi connectivity index (χ0v) is 21.3. The Labute approximate surface area is 213 Å². The second kappa shape index (κ2) is 9.44. The normalized spacial score (nSPS) is 15.0. The number of benzene rings is 2. The van der Waals surface area contributed by atoms with Gasteiger partial charge < -0.3 is 10.1 Å². The van der Waals surface area contributed by atoms with Crippen LogP contribution in [-0.4, -0.2) is 24.0 Å². The summed E-state index contributed by atoms with van der Waals surface area (Å²) in [7, 11) is 1.38. The van der Waals surface area contributed by atoms with Crippen molar-refractivity contribution in [2.75, 3.05) is 12.4 Å². The fourth-order valence-corrected chi connectivity index (χ4v) is 6.33. The van der Waals surface area contributed by atoms with Gasteiger partial charge in [0.25, 0.3) is 5.91 Å². The number of anilines is 1. The molecule has 2 aromatic carbocycles. The number of hydrogen-bond donors (Lipinski definition) is 1. The van der Waals surface area contributed by atoms with E-state index in [1.807, 2.05) is 55.5 Å². The maximum Gasteiger partial charge on any atom is 0.341 e. The number of rotatable bonds is 4. The number of amides is 1. The number of nitrogens with zero attached hydrogens (tertiary/aromatic N) is 1. The number of halogens is 1. The predicted molar refractivity (Wildman–Crippen MR) is 142 cm³/mol. The molecule has 35 heavy (non-hydrogen) atoms. The molecule has 178 valence electrons. The SMILES string of the molecule is COC(=O)c1c(NC(=O)c2c(C)c(-c3ccc(Cl)cc3)nc3ccccc23)sc2c1CCC(C)C2. The molecule has 1 N–H and O–H groups in total. The minimum absolute atomic E-state index is 0.270. The van der Waals surface area contributed by atoms with Crippen LogP contribution in [0.5, 0.6) is 0 Å². The number of aromatic nitrogens is 1. The Morgan fingerprint density at radius 1 is 1.11 bits per heavy atom. The number of fused-ring (bicyclic) bond motifs is 2. The van der Waals surface area contributed by atoms with E-state index in [0.29, 0.717) is 27.1 Å². The van der Waals surface area contributed by atoms with Crippen LogP contribution in [0.15, 0.2) is 48.5 Å². The molecule has 0 aliphatic heterocycles. The van der Waals surface area contributed by atoms with Crippen molar-refractivity contribution >= 4 is 50.7 Å². The zero-order chi connectivity index (χ0) is 24.7. The zero-order valence-electron chi connectivity index (χ0n) is 19.8. The number of carbonyl (C=O) groups is 2. The largest absolute Gasteiger partial charge is 0.465 e. The molecule has 0 saturated carbocycles. The summed E-state index contributed by atoms with van der Waals surface area (Å²) in [5.74, 6) is -0.137. The molecule has 1 aliphatic rings. The van der Waals surface area contributed by atoms with E-state index < -0.39 is 5.97 Å². The maximum atomic E-state index is 13.8. The van der Waals surface area contributed by atoms with E-state index in [9.17, 15) is 9.59 Å². The molecule has 1 atom stereocenters. The van der Waals surface area contributed by atoms with Crippen molar-refractivity contribution in [1.29, 1.82) is 0 Å². The fraction of sp³-hybridized carbons (Fsp3) is 0.250. The van der Waals surface area contributed by atoms with Crippen molar-refractivity contribution in [3.8, 4) is 11.3 Å². The minimum atomic E-state index is -0.412. The van der Waals surface area contributed by atoms with Gasteiger partial charge in [0.15, 0.2) is 0 Å². The van der Waals surface area contributed by atoms with Crippen LogP contribution in [-0.2, 0) is 17.6 Å². The average Bonchev–Trinajstić information content (AvgIpc) is 3.20. The molecular weight excluding hydrogens is 480 g/mol. The van der Waals surface area contributed by atoms with Gasteiger partial charge in [-0.25, -0.2) is 9.78 Å². The lowest BCUT2D eigenvalue weighted by molar-refractivity contribution is 0.0601. The Morgan fingerprint density at radius 3 is 2.60 bits per heavy atom. The van der Waals surface area contributed by atoms with E-state index in [-0.39, 0.29) is 5.91 Å². The topological polar surface area (TPSA) is 68.3 Å². The van der Waals surface area contributed by atoms with Crippen molar-refractivity contribution < 1.29 is 14.3 Å². The highest BCUT2D eigenvalue weighted by atomic mass is 35.5. The lowest BCUT2D eigenvalue weighted by Crippen LogP contribution is -2.17. The third-order valence-electron chi connectivity index (χ3n) is 6.61. The molecule has 2 aromatic heterocycles. The highest BCUT2D eigenvalue weighted by molar-refractivity contribution is 7.17. The summed E-state index contributed by atoms with van der Waals surface area (Å²) in [5.41, 5.74) is 5.12. The molecule has 0 bridgehead atoms. The molecule has 2 heterocycles. The number of hydrogen-bond acceptors (Lipinski definition) is 5. The van der Waals surface area contributed by atoms with Crippen LogP contribution in [0.3, 0.4) is 0 Å². The number of thiophene rings is 1. The highest BCUT2D eigenvalue weighted by Crippen LogP contribution is 2.41. The smallest absolute Gasteiger partial charge is 0.341 e. The second-order valence-electron chi connectivity index (χ2n) is 8.99. The first-order valence-electron chi connectivity index (χ1n) is 11.6. The number of methoxy groups -OCH3 is 1. The van der Waals surface area contributed by atoms with Gasteiger partial charge >= 0.3 is 5.97 Å². The molecule has 7 heteroatoms. The monoisotopic (exact) mass is 504 g/mol. The third-order valence-corrected chi connectivity index (χ3v) is 8.03. The van der Waals surface area contributed by atoms with Crippen LogP contribution in [0.25, 0.3) is 22.2 Å². The first-order chi connectivity index (χ1) is 16.9. The van der Waals surface area contributed by atoms with Gasteiger partial charge in [-0.1, -0.05) is 48.9 Å². The van der Waals surface area contributed by atoms with Crippen LogP contribution in [0.4, 0.5) is 5.00 Å². The number of esters is 1. The first kappa shape index (κ1) is 23.5. The molecule has 5 nitrogen and oxygen atoms in total. The molecule has 0 fully saturated rings. The Balaban J connectivity index is 1.63. The Bertz CT molecular complexity index is 1460. The standard InChI is InChI=1S/C28H25ClN2O3S/c1-15-8-13-20-22(14-15)35-27(24(20)28(33)34-3)31-26(32)23-16(2)25(17-9-11-18(29)12-10-17)30-21-7-5-4-6-19(21)23/h4-7,9-12,15H,8,13-14H2,1-3H3,(H,31,32). The van der Waals surface area contributed by atoms with Crippen LogP contribution < -0.4 is 5.32 Å². The fourth-order valence-electron chi connectivity index (χ4n) is 4.81. The van der Waals surface area contributed by atoms with E-state index >= 15 is 0 Å². The van der Waals surface area contributed by atoms with Gasteiger partial charge in [-0.2, -0.15) is 0 Å². The third kappa shape index (κ3) is 4.32. The summed E-state index contributed by atoms with van der Waals surface area (Å²) in [6.07, 6.45) is 2.72. The Kier molecular flexibility index (Phi) is 6.34. The van der Waals surface area contributed by atoms with E-state index in [1.165, 1.54) is 18.4 Å². The number of nitrogens with one attached hydrogen (secondary N) is 1. The quantitative estimate of drug-likeness (QED) is 0.301. The van der Waals surface area contributed by atoms with E-state index in [1.54, 1.807) is 0 Å². The predicted octanol–water partition coefficient (Wildman–Crippen LogP) is 7.09. The molecule has 0 spiro atoms. The van der Waals surface area contributed by atoms with Gasteiger partial charge in [0, 0.05) is 20.8 Å². The van der Waals surface area contributed by atoms with Crippen molar-refractivity contribution in [3.05, 3.63) is 80.7 Å². The van der Waals surface area contributed by atoms with Crippen LogP contribution in [0, 0.1) is 12.8 Å². The van der Waals surface area contributed by atoms with Gasteiger partial charge in [-0.05, 0) is 61.4 Å². The van der Waals surface area contributed by atoms with Crippen LogP contribution in [0.2, 0.25) is 5.02 Å². The van der Waals surface area contributed by atoms with Crippen LogP contribution in [0.1, 0.15) is 50.1 Å². The molecule has 5 rings (SSSR count). The summed E-state index contributed by atoms with van der Waals surface area (Å²) in [4.78, 5) is 32.5. The Hall–Kier alpha value is -3.22. The molecule has 1 aliphatic carbocycles. The summed E-state index contributed by atoms with van der Waals surface area (Å²) in [6.45, 7) is 4.12. The summed E-state index contributed by atoms with van der Waals surface area (Å²) in [6, 6.07) is 15.0.